The number of Topliss-reactive ketones (excluding diaryl/α,β-unsaturated/α-hetero) is 1. The van der Waals surface area contributed by atoms with Crippen LogP contribution in [0, 0.1) is 0 Å². The molecule has 0 radical (unpaired) electrons. The highest BCUT2D eigenvalue weighted by atomic mass is 35.5. The fourth-order valence-corrected chi connectivity index (χ4v) is 4.89. The van der Waals surface area contributed by atoms with Gasteiger partial charge in [0.2, 0.25) is 5.78 Å². The van der Waals surface area contributed by atoms with E-state index < -0.39 is 20.7 Å². The topological polar surface area (TPSA) is 139 Å². The van der Waals surface area contributed by atoms with Crippen molar-refractivity contribution in [2.45, 2.75) is 11.3 Å². The van der Waals surface area contributed by atoms with Gasteiger partial charge in [0, 0.05) is 20.6 Å². The SMILES string of the molecule is COC/C(Cc1ccccc1)=N/NC1=C(Nc2ccc(Cl)c(S(=O)(=O)N(C)OC)c2O)COCC1=O. The quantitative estimate of drug-likeness (QED) is 0.223. The summed E-state index contributed by atoms with van der Waals surface area (Å²) < 4.78 is 36.6. The summed E-state index contributed by atoms with van der Waals surface area (Å²) in [5.74, 6) is -1.03. The van der Waals surface area contributed by atoms with E-state index in [0.717, 1.165) is 19.7 Å². The first kappa shape index (κ1) is 27.6. The molecule has 0 saturated heterocycles. The summed E-state index contributed by atoms with van der Waals surface area (Å²) in [6.45, 7) is 0.0328. The van der Waals surface area contributed by atoms with Crippen LogP contribution in [-0.2, 0) is 35.5 Å². The second-order valence-corrected chi connectivity index (χ2v) is 9.93. The Morgan fingerprint density at radius 1 is 1.19 bits per heavy atom. The molecule has 2 aromatic carbocycles. The molecule has 0 spiro atoms. The van der Waals surface area contributed by atoms with E-state index in [-0.39, 0.29) is 47.7 Å². The number of carbonyl (C=O) groups excluding carboxylic acids is 1. The minimum atomic E-state index is -4.27. The first-order valence-corrected chi connectivity index (χ1v) is 12.5. The zero-order valence-electron chi connectivity index (χ0n) is 19.9. The third kappa shape index (κ3) is 6.40. The van der Waals surface area contributed by atoms with Crippen LogP contribution >= 0.6 is 11.6 Å². The van der Waals surface area contributed by atoms with Gasteiger partial charge in [-0.05, 0) is 17.7 Å². The van der Waals surface area contributed by atoms with Crippen LogP contribution in [0.15, 0.2) is 63.9 Å². The number of nitrogens with zero attached hydrogens (tertiary/aromatic N) is 2. The van der Waals surface area contributed by atoms with Gasteiger partial charge in [-0.15, -0.1) is 0 Å². The van der Waals surface area contributed by atoms with Crippen molar-refractivity contribution in [2.75, 3.05) is 46.4 Å². The van der Waals surface area contributed by atoms with Gasteiger partial charge >= 0.3 is 0 Å². The number of hydrogen-bond acceptors (Lipinski definition) is 10. The maximum atomic E-state index is 12.8. The third-order valence-electron chi connectivity index (χ3n) is 5.17. The third-order valence-corrected chi connectivity index (χ3v) is 7.35. The molecule has 1 aliphatic rings. The molecule has 0 aliphatic carbocycles. The van der Waals surface area contributed by atoms with Crippen LogP contribution in [0.25, 0.3) is 0 Å². The lowest BCUT2D eigenvalue weighted by molar-refractivity contribution is -0.121. The molecule has 0 atom stereocenters. The molecule has 194 valence electrons. The number of hydrazone groups is 1. The van der Waals surface area contributed by atoms with Crippen LogP contribution in [0.2, 0.25) is 5.02 Å². The molecule has 0 saturated carbocycles. The Balaban J connectivity index is 1.95. The van der Waals surface area contributed by atoms with Crippen molar-refractivity contribution < 1.29 is 32.6 Å². The number of benzene rings is 2. The number of aromatic hydroxyl groups is 1. The Labute approximate surface area is 214 Å². The van der Waals surface area contributed by atoms with Crippen molar-refractivity contribution in [3.05, 3.63) is 64.4 Å². The molecule has 2 aromatic rings. The van der Waals surface area contributed by atoms with Crippen LogP contribution < -0.4 is 10.7 Å². The molecule has 13 heteroatoms. The van der Waals surface area contributed by atoms with Gasteiger partial charge in [0.1, 0.15) is 17.2 Å². The van der Waals surface area contributed by atoms with Crippen LogP contribution in [0.1, 0.15) is 5.56 Å². The number of rotatable bonds is 11. The molecule has 36 heavy (non-hydrogen) atoms. The van der Waals surface area contributed by atoms with Crippen molar-refractivity contribution >= 4 is 38.8 Å². The minimum absolute atomic E-state index is 0.0135. The number of phenols is 1. The predicted octanol–water partition coefficient (Wildman–Crippen LogP) is 2.29. The van der Waals surface area contributed by atoms with Crippen molar-refractivity contribution in [2.24, 2.45) is 5.10 Å². The van der Waals surface area contributed by atoms with E-state index in [4.69, 9.17) is 25.9 Å². The van der Waals surface area contributed by atoms with Crippen molar-refractivity contribution in [1.82, 2.24) is 9.89 Å². The second kappa shape index (κ2) is 12.3. The lowest BCUT2D eigenvalue weighted by Gasteiger charge is -2.22. The summed E-state index contributed by atoms with van der Waals surface area (Å²) in [5, 5.41) is 17.8. The molecule has 0 bridgehead atoms. The maximum Gasteiger partial charge on any atom is 0.269 e. The van der Waals surface area contributed by atoms with Crippen LogP contribution in [0.3, 0.4) is 0 Å². The maximum absolute atomic E-state index is 12.8. The highest BCUT2D eigenvalue weighted by Crippen LogP contribution is 2.39. The lowest BCUT2D eigenvalue weighted by Crippen LogP contribution is -2.32. The van der Waals surface area contributed by atoms with Gasteiger partial charge in [0.25, 0.3) is 10.0 Å². The van der Waals surface area contributed by atoms with E-state index in [1.54, 1.807) is 7.11 Å². The zero-order chi connectivity index (χ0) is 26.3. The van der Waals surface area contributed by atoms with Crippen LogP contribution in [0.5, 0.6) is 5.75 Å². The molecule has 1 aliphatic heterocycles. The highest BCUT2D eigenvalue weighted by Gasteiger charge is 2.30. The number of ketones is 1. The number of ether oxygens (including phenoxy) is 2. The zero-order valence-corrected chi connectivity index (χ0v) is 21.5. The van der Waals surface area contributed by atoms with Gasteiger partial charge in [0.05, 0.1) is 42.4 Å². The Bertz CT molecular complexity index is 1270. The van der Waals surface area contributed by atoms with E-state index in [9.17, 15) is 18.3 Å². The van der Waals surface area contributed by atoms with E-state index in [2.05, 4.69) is 15.8 Å². The number of anilines is 1. The Morgan fingerprint density at radius 2 is 1.92 bits per heavy atom. The van der Waals surface area contributed by atoms with Crippen molar-refractivity contribution in [3.63, 3.8) is 0 Å². The molecular formula is C23H27ClN4O7S. The summed E-state index contributed by atoms with van der Waals surface area (Å²) in [6, 6.07) is 12.3. The average Bonchev–Trinajstić information content (AvgIpc) is 2.85. The monoisotopic (exact) mass is 538 g/mol. The first-order valence-electron chi connectivity index (χ1n) is 10.7. The van der Waals surface area contributed by atoms with Crippen molar-refractivity contribution in [1.29, 1.82) is 0 Å². The van der Waals surface area contributed by atoms with Gasteiger partial charge in [-0.2, -0.15) is 5.10 Å². The van der Waals surface area contributed by atoms with Gasteiger partial charge in [-0.1, -0.05) is 46.4 Å². The lowest BCUT2D eigenvalue weighted by atomic mass is 10.1. The van der Waals surface area contributed by atoms with E-state index in [1.807, 2.05) is 30.3 Å². The molecule has 3 N–H and O–H groups in total. The highest BCUT2D eigenvalue weighted by molar-refractivity contribution is 7.89. The number of methoxy groups -OCH3 is 1. The number of phenolic OH excluding ortho intramolecular Hbond substituents is 1. The smallest absolute Gasteiger partial charge is 0.269 e. The molecular weight excluding hydrogens is 512 g/mol. The number of halogens is 1. The molecule has 11 nitrogen and oxygen atoms in total. The average molecular weight is 539 g/mol. The normalized spacial score (nSPS) is 14.9. The Kier molecular flexibility index (Phi) is 9.43. The summed E-state index contributed by atoms with van der Waals surface area (Å²) in [6.07, 6.45) is 0.495. The standard InChI is InChI=1S/C23H27ClN4O7S/c1-28(34-3)36(31,32)23-17(24)9-10-18(22(23)30)25-19-13-35-14-20(29)21(19)27-26-16(12-33-2)11-15-7-5-4-6-8-15/h4-10,25,27,30H,11-14H2,1-3H3/b26-16+. The van der Waals surface area contributed by atoms with E-state index in [1.165, 1.54) is 12.1 Å². The number of nitrogens with one attached hydrogen (secondary N) is 2. The summed E-state index contributed by atoms with van der Waals surface area (Å²) in [7, 11) is -0.406. The molecule has 1 heterocycles. The summed E-state index contributed by atoms with van der Waals surface area (Å²) in [5.41, 5.74) is 4.78. The number of sulfonamides is 1. The van der Waals surface area contributed by atoms with Crippen LogP contribution in [0.4, 0.5) is 5.69 Å². The molecule has 0 unspecified atom stereocenters. The Hall–Kier alpha value is -3.00. The predicted molar refractivity (Wildman–Crippen MR) is 134 cm³/mol. The minimum Gasteiger partial charge on any atom is -0.504 e. The van der Waals surface area contributed by atoms with Gasteiger partial charge in [-0.3, -0.25) is 15.1 Å². The van der Waals surface area contributed by atoms with Gasteiger partial charge in [-0.25, -0.2) is 8.42 Å². The molecule has 0 amide bonds. The largest absolute Gasteiger partial charge is 0.504 e. The van der Waals surface area contributed by atoms with Crippen molar-refractivity contribution in [3.8, 4) is 5.75 Å². The molecule has 0 aromatic heterocycles. The summed E-state index contributed by atoms with van der Waals surface area (Å²) in [4.78, 5) is 16.8. The number of hydrogen-bond donors (Lipinski definition) is 3. The Morgan fingerprint density at radius 3 is 2.58 bits per heavy atom. The fraction of sp³-hybridized carbons (Fsp3) is 0.304. The van der Waals surface area contributed by atoms with Crippen LogP contribution in [-0.4, -0.2) is 70.6 Å². The van der Waals surface area contributed by atoms with E-state index in [0.29, 0.717) is 16.6 Å². The number of hydroxylamine groups is 1. The van der Waals surface area contributed by atoms with Gasteiger partial charge < -0.3 is 19.9 Å². The molecule has 0 fully saturated rings. The van der Waals surface area contributed by atoms with Gasteiger partial charge in [0.15, 0.2) is 5.75 Å². The summed E-state index contributed by atoms with van der Waals surface area (Å²) >= 11 is 6.08. The number of carbonyl (C=O) groups is 1. The fourth-order valence-electron chi connectivity index (χ4n) is 3.32. The second-order valence-electron chi connectivity index (χ2n) is 7.65. The molecule has 3 rings (SSSR count). The van der Waals surface area contributed by atoms with E-state index >= 15 is 0 Å². The first-order chi connectivity index (χ1) is 17.2.